The molecule has 212 valence electrons. The number of amides is 1. The smallest absolute Gasteiger partial charge is 0.442 e. The number of alkyl halides is 2. The molecule has 0 aliphatic rings. The molecule has 0 bridgehead atoms. The molecule has 0 saturated carbocycles. The van der Waals surface area contributed by atoms with Crippen molar-refractivity contribution in [2.45, 2.75) is 66.6 Å². The quantitative estimate of drug-likeness (QED) is 0.178. The number of ether oxygens (including phenoxy) is 2. The Morgan fingerprint density at radius 1 is 1.10 bits per heavy atom. The average molecular weight is 808 g/mol. The molecule has 0 fully saturated rings. The third-order valence-corrected chi connectivity index (χ3v) is 5.64. The van der Waals surface area contributed by atoms with E-state index in [4.69, 9.17) is 16.3 Å². The zero-order valence-electron chi connectivity index (χ0n) is 22.8. The first-order chi connectivity index (χ1) is 18.1. The number of nitrogens with zero attached hydrogens (tertiary/aromatic N) is 4. The third-order valence-electron chi connectivity index (χ3n) is 4.68. The molecule has 1 amide bonds. The minimum absolute atomic E-state index is 0. The van der Waals surface area contributed by atoms with Gasteiger partial charge < -0.3 is 23.3 Å². The molecule has 3 heterocycles. The van der Waals surface area contributed by atoms with Crippen molar-refractivity contribution in [3.63, 3.8) is 0 Å². The Kier molecular flexibility index (Phi) is 19.3. The number of halogens is 3. The fourth-order valence-corrected chi connectivity index (χ4v) is 3.32. The normalized spacial score (nSPS) is 10.8. The predicted octanol–water partition coefficient (Wildman–Crippen LogP) is 7.38. The van der Waals surface area contributed by atoms with Gasteiger partial charge in [0, 0.05) is 23.0 Å². The molecular weight excluding hydrogens is 774 g/mol. The van der Waals surface area contributed by atoms with E-state index in [0.29, 0.717) is 28.0 Å². The van der Waals surface area contributed by atoms with E-state index in [0.717, 1.165) is 12.6 Å². The van der Waals surface area contributed by atoms with E-state index < -0.39 is 12.5 Å². The second-order valence-electron chi connectivity index (χ2n) is 7.73. The van der Waals surface area contributed by atoms with Crippen LogP contribution in [0.15, 0.2) is 24.5 Å². The number of pyridine rings is 2. The molecule has 0 radical (unpaired) electrons. The monoisotopic (exact) mass is 807 g/mol. The molecule has 0 aromatic carbocycles. The molecule has 3 aromatic rings. The second kappa shape index (κ2) is 20.2. The Bertz CT molecular complexity index is 1140. The first-order valence-electron chi connectivity index (χ1n) is 12.0. The van der Waals surface area contributed by atoms with Crippen LogP contribution in [0, 0.1) is 58.8 Å². The molecule has 8 nitrogen and oxygen atoms in total. The van der Waals surface area contributed by atoms with Crippen molar-refractivity contribution in [2.24, 2.45) is 0 Å². The molecule has 0 saturated heterocycles. The van der Waals surface area contributed by atoms with Gasteiger partial charge in [-0.1, -0.05) is 75.7 Å². The minimum Gasteiger partial charge on any atom is -0.442 e. The van der Waals surface area contributed by atoms with Crippen LogP contribution in [0.25, 0.3) is 11.1 Å². The standard InChI is InChI=1S/C16H12ClF2N5O2S.C6H12O.C4H10.U/c1-7-3-9(10-4-13(17)21-6-12(10)26-15(18)19)11(5-20-7)14(25)22-16-24-23-8(2)27-16;1-4-6(3)7-5-2;1-3-4-2;/h3-6,15H,1-2H3,(H,22,24,25);6H,2-5H2,1H3;3-4H2,1-2H3;/q;-2;;+2. The molecule has 1 N–H and O–H groups in total. The van der Waals surface area contributed by atoms with Crippen molar-refractivity contribution in [3.05, 3.63) is 59.8 Å². The molecular formula is C26H34ClF2N5O3SU. The Morgan fingerprint density at radius 2 is 1.77 bits per heavy atom. The molecule has 13 heteroatoms. The largest absolute Gasteiger partial charge is 2.00 e. The van der Waals surface area contributed by atoms with E-state index >= 15 is 0 Å². The van der Waals surface area contributed by atoms with Gasteiger partial charge in [0.1, 0.15) is 10.2 Å². The van der Waals surface area contributed by atoms with Crippen LogP contribution in [0.3, 0.4) is 0 Å². The number of aryl methyl sites for hydroxylation is 2. The molecule has 3 aromatic heterocycles. The van der Waals surface area contributed by atoms with E-state index in [2.05, 4.69) is 57.9 Å². The summed E-state index contributed by atoms with van der Waals surface area (Å²) in [5.41, 5.74) is 1.22. The summed E-state index contributed by atoms with van der Waals surface area (Å²) < 4.78 is 35.0. The summed E-state index contributed by atoms with van der Waals surface area (Å²) in [5.74, 6) is -0.731. The van der Waals surface area contributed by atoms with Crippen molar-refractivity contribution in [1.29, 1.82) is 0 Å². The van der Waals surface area contributed by atoms with Crippen LogP contribution in [-0.2, 0) is 4.74 Å². The molecule has 1 atom stereocenters. The molecule has 0 aliphatic carbocycles. The van der Waals surface area contributed by atoms with Crippen LogP contribution >= 0.6 is 22.9 Å². The van der Waals surface area contributed by atoms with Gasteiger partial charge in [-0.2, -0.15) is 8.78 Å². The number of carbonyl (C=O) groups is 1. The fourth-order valence-electron chi connectivity index (χ4n) is 2.58. The van der Waals surface area contributed by atoms with E-state index in [9.17, 15) is 13.6 Å². The third kappa shape index (κ3) is 14.0. The average Bonchev–Trinajstić information content (AvgIpc) is 3.29. The molecule has 0 aliphatic heterocycles. The molecule has 39 heavy (non-hydrogen) atoms. The second-order valence-corrected chi connectivity index (χ2v) is 9.30. The van der Waals surface area contributed by atoms with Crippen molar-refractivity contribution in [2.75, 3.05) is 11.9 Å². The summed E-state index contributed by atoms with van der Waals surface area (Å²) in [5, 5.41) is 11.3. The first kappa shape index (κ1) is 37.3. The summed E-state index contributed by atoms with van der Waals surface area (Å²) in [4.78, 5) is 20.6. The van der Waals surface area contributed by atoms with Gasteiger partial charge in [0.25, 0.3) is 5.91 Å². The summed E-state index contributed by atoms with van der Waals surface area (Å²) >= 11 is 7.12. The van der Waals surface area contributed by atoms with Crippen LogP contribution in [0.1, 0.15) is 61.1 Å². The number of unbranched alkanes of at least 4 members (excludes halogenated alkanes) is 1. The van der Waals surface area contributed by atoms with Gasteiger partial charge in [0.05, 0.1) is 11.8 Å². The maximum Gasteiger partial charge on any atom is 2.00 e. The number of carbonyl (C=O) groups excluding carboxylic acids is 1. The van der Waals surface area contributed by atoms with E-state index in [1.165, 1.54) is 36.4 Å². The minimum atomic E-state index is -3.06. The van der Waals surface area contributed by atoms with Gasteiger partial charge in [0.15, 0.2) is 5.75 Å². The molecule has 0 spiro atoms. The summed E-state index contributed by atoms with van der Waals surface area (Å²) in [6.07, 6.45) is 6.16. The van der Waals surface area contributed by atoms with Crippen LogP contribution in [0.4, 0.5) is 13.9 Å². The SMILES string of the molecule is CCCC.Cc1cc(-c2cc(Cl)ncc2OC(F)F)c(C(=O)Nc2nnc(C)s2)cn1.[CH2-]COC([CH2-])CC.[U+2]. The van der Waals surface area contributed by atoms with Crippen LogP contribution < -0.4 is 10.1 Å². The summed E-state index contributed by atoms with van der Waals surface area (Å²) in [6, 6.07) is 2.92. The number of hydrogen-bond acceptors (Lipinski definition) is 8. The van der Waals surface area contributed by atoms with Gasteiger partial charge in [-0.05, 0) is 26.0 Å². The van der Waals surface area contributed by atoms with Gasteiger partial charge in [-0.15, -0.1) is 10.2 Å². The Hall–Kier alpha value is -1.71. The number of anilines is 1. The van der Waals surface area contributed by atoms with Crippen molar-refractivity contribution in [3.8, 4) is 16.9 Å². The van der Waals surface area contributed by atoms with Crippen molar-refractivity contribution >= 4 is 34.0 Å². The van der Waals surface area contributed by atoms with Crippen LogP contribution in [-0.4, -0.2) is 45.4 Å². The van der Waals surface area contributed by atoms with Gasteiger partial charge >= 0.3 is 37.7 Å². The zero-order valence-corrected chi connectivity index (χ0v) is 28.5. The Labute approximate surface area is 262 Å². The zero-order chi connectivity index (χ0) is 28.7. The number of hydrogen-bond donors (Lipinski definition) is 1. The topological polar surface area (TPSA) is 99.1 Å². The Morgan fingerprint density at radius 3 is 2.26 bits per heavy atom. The summed E-state index contributed by atoms with van der Waals surface area (Å²) in [7, 11) is 0. The van der Waals surface area contributed by atoms with Crippen molar-refractivity contribution in [1.82, 2.24) is 20.2 Å². The van der Waals surface area contributed by atoms with Gasteiger partial charge in [0.2, 0.25) is 5.13 Å². The van der Waals surface area contributed by atoms with Crippen molar-refractivity contribution < 1.29 is 54.2 Å². The number of rotatable bonds is 9. The first-order valence-corrected chi connectivity index (χ1v) is 13.2. The maximum atomic E-state index is 12.8. The number of aromatic nitrogens is 4. The van der Waals surface area contributed by atoms with Crippen LogP contribution in [0.5, 0.6) is 5.75 Å². The fraction of sp³-hybridized carbons (Fsp3) is 0.423. The molecule has 3 rings (SSSR count). The Balaban J connectivity index is 0.00000102. The summed E-state index contributed by atoms with van der Waals surface area (Å²) in [6.45, 7) is 14.5. The van der Waals surface area contributed by atoms with E-state index in [1.54, 1.807) is 19.9 Å². The van der Waals surface area contributed by atoms with Crippen LogP contribution in [0.2, 0.25) is 5.15 Å². The number of nitrogens with one attached hydrogen (secondary N) is 1. The van der Waals surface area contributed by atoms with E-state index in [-0.39, 0.29) is 59.2 Å². The van der Waals surface area contributed by atoms with Gasteiger partial charge in [-0.3, -0.25) is 15.1 Å². The van der Waals surface area contributed by atoms with E-state index in [1.807, 2.05) is 6.92 Å². The predicted molar refractivity (Wildman–Crippen MR) is 148 cm³/mol. The van der Waals surface area contributed by atoms with Gasteiger partial charge in [-0.25, -0.2) is 4.98 Å². The molecule has 1 unspecified atom stereocenters. The maximum absolute atomic E-state index is 12.8.